The summed E-state index contributed by atoms with van der Waals surface area (Å²) >= 11 is 0. The van der Waals surface area contributed by atoms with Gasteiger partial charge in [0.25, 0.3) is 5.88 Å². The number of halogens is 3. The van der Waals surface area contributed by atoms with Gasteiger partial charge in [-0.2, -0.15) is 18.2 Å². The second kappa shape index (κ2) is 11.0. The zero-order valence-electron chi connectivity index (χ0n) is 22.3. The van der Waals surface area contributed by atoms with E-state index in [0.29, 0.717) is 52.2 Å². The minimum Gasteiger partial charge on any atom is -0.496 e. The summed E-state index contributed by atoms with van der Waals surface area (Å²) < 4.78 is 62.0. The van der Waals surface area contributed by atoms with Crippen molar-refractivity contribution >= 4 is 0 Å². The quantitative estimate of drug-likeness (QED) is 0.274. The lowest BCUT2D eigenvalue weighted by Gasteiger charge is -2.16. The lowest BCUT2D eigenvalue weighted by Crippen LogP contribution is -2.06. The lowest BCUT2D eigenvalue weighted by atomic mass is 10.00. The van der Waals surface area contributed by atoms with Crippen molar-refractivity contribution in [1.29, 1.82) is 0 Å². The number of aromatic amines is 1. The first-order valence-corrected chi connectivity index (χ1v) is 12.5. The Balaban J connectivity index is 1.47. The van der Waals surface area contributed by atoms with Gasteiger partial charge in [-0.15, -0.1) is 0 Å². The predicted molar refractivity (Wildman–Crippen MR) is 137 cm³/mol. The van der Waals surface area contributed by atoms with E-state index in [1.54, 1.807) is 6.07 Å². The summed E-state index contributed by atoms with van der Waals surface area (Å²) in [6, 6.07) is 3.53. The van der Waals surface area contributed by atoms with Crippen LogP contribution in [0.15, 0.2) is 30.9 Å². The molecule has 1 aromatic carbocycles. The van der Waals surface area contributed by atoms with Gasteiger partial charge in [0.2, 0.25) is 5.88 Å². The van der Waals surface area contributed by atoms with Crippen LogP contribution in [0, 0.1) is 0 Å². The van der Waals surface area contributed by atoms with Crippen molar-refractivity contribution in [3.8, 4) is 46.0 Å². The number of ether oxygens (including phenoxy) is 4. The monoisotopic (exact) mass is 556 g/mol. The van der Waals surface area contributed by atoms with Crippen molar-refractivity contribution in [1.82, 2.24) is 29.9 Å². The van der Waals surface area contributed by atoms with Gasteiger partial charge in [-0.25, -0.2) is 19.9 Å². The fraction of sp³-hybridized carbons (Fsp3) is 0.370. The van der Waals surface area contributed by atoms with Crippen molar-refractivity contribution in [3.05, 3.63) is 53.4 Å². The van der Waals surface area contributed by atoms with Crippen molar-refractivity contribution in [2.75, 3.05) is 21.3 Å². The van der Waals surface area contributed by atoms with Gasteiger partial charge in [0, 0.05) is 5.92 Å². The minimum atomic E-state index is -4.54. The number of rotatable bonds is 10. The molecule has 0 spiro atoms. The van der Waals surface area contributed by atoms with Gasteiger partial charge in [0.1, 0.15) is 35.8 Å². The first-order valence-electron chi connectivity index (χ1n) is 12.5. The number of aryl methyl sites for hydroxylation is 1. The molecule has 0 radical (unpaired) electrons. The summed E-state index contributed by atoms with van der Waals surface area (Å²) in [7, 11) is 4.46. The van der Waals surface area contributed by atoms with Crippen LogP contribution in [0.4, 0.5) is 13.2 Å². The number of nitrogens with one attached hydrogen (secondary N) is 1. The van der Waals surface area contributed by atoms with E-state index in [1.165, 1.54) is 33.9 Å². The van der Waals surface area contributed by atoms with E-state index in [-0.39, 0.29) is 18.3 Å². The zero-order valence-corrected chi connectivity index (χ0v) is 22.3. The van der Waals surface area contributed by atoms with E-state index in [0.717, 1.165) is 30.3 Å². The maximum absolute atomic E-state index is 13.2. The summed E-state index contributed by atoms with van der Waals surface area (Å²) in [5.41, 5.74) is 2.39. The van der Waals surface area contributed by atoms with Gasteiger partial charge in [0.15, 0.2) is 11.6 Å². The van der Waals surface area contributed by atoms with Crippen LogP contribution in [-0.2, 0) is 19.2 Å². The Kier molecular flexibility index (Phi) is 7.46. The number of alkyl halides is 3. The van der Waals surface area contributed by atoms with Crippen molar-refractivity contribution in [2.45, 2.75) is 44.9 Å². The first-order chi connectivity index (χ1) is 19.3. The third-order valence-electron chi connectivity index (χ3n) is 6.50. The fourth-order valence-electron chi connectivity index (χ4n) is 4.40. The molecule has 1 N–H and O–H groups in total. The molecule has 3 heterocycles. The van der Waals surface area contributed by atoms with Crippen LogP contribution < -0.4 is 18.9 Å². The second-order valence-corrected chi connectivity index (χ2v) is 9.10. The standard InChI is InChI=1S/C27H27F3N6O4/c1-5-15-8-14(9-17(37-2)20(15)23-32-11-19(35-23)27(28,29)30)12-40-25-18(38-3)10-31-24(36-25)21-22(16-6-7-16)33-13-34-26(21)39-4/h8-11,13,16H,5-7,12H2,1-4H3,(H,32,35). The third-order valence-corrected chi connectivity index (χ3v) is 6.50. The summed E-state index contributed by atoms with van der Waals surface area (Å²) in [4.78, 5) is 24.0. The summed E-state index contributed by atoms with van der Waals surface area (Å²) in [6.07, 6.45) is 1.75. The minimum absolute atomic E-state index is 0.0698. The molecule has 0 bridgehead atoms. The van der Waals surface area contributed by atoms with Crippen LogP contribution in [0.3, 0.4) is 0 Å². The molecular formula is C27H27F3N6O4. The first kappa shape index (κ1) is 27.2. The van der Waals surface area contributed by atoms with Crippen LogP contribution in [-0.4, -0.2) is 51.2 Å². The summed E-state index contributed by atoms with van der Waals surface area (Å²) in [6.45, 7) is 1.96. The molecule has 5 rings (SSSR count). The zero-order chi connectivity index (χ0) is 28.4. The molecule has 0 atom stereocenters. The van der Waals surface area contributed by atoms with Gasteiger partial charge in [-0.1, -0.05) is 13.0 Å². The van der Waals surface area contributed by atoms with E-state index < -0.39 is 11.9 Å². The van der Waals surface area contributed by atoms with E-state index in [1.807, 2.05) is 13.0 Å². The van der Waals surface area contributed by atoms with E-state index in [9.17, 15) is 13.2 Å². The molecule has 0 aliphatic heterocycles. The van der Waals surface area contributed by atoms with E-state index in [4.69, 9.17) is 18.9 Å². The average Bonchev–Trinajstić information content (AvgIpc) is 3.69. The van der Waals surface area contributed by atoms with Gasteiger partial charge in [-0.3, -0.25) is 0 Å². The fourth-order valence-corrected chi connectivity index (χ4v) is 4.40. The van der Waals surface area contributed by atoms with Gasteiger partial charge < -0.3 is 23.9 Å². The number of aromatic nitrogens is 6. The van der Waals surface area contributed by atoms with Crippen molar-refractivity contribution in [3.63, 3.8) is 0 Å². The smallest absolute Gasteiger partial charge is 0.432 e. The summed E-state index contributed by atoms with van der Waals surface area (Å²) in [5, 5.41) is 0. The van der Waals surface area contributed by atoms with Gasteiger partial charge >= 0.3 is 6.18 Å². The Morgan fingerprint density at radius 2 is 1.68 bits per heavy atom. The van der Waals surface area contributed by atoms with E-state index in [2.05, 4.69) is 29.9 Å². The lowest BCUT2D eigenvalue weighted by molar-refractivity contribution is -0.140. The predicted octanol–water partition coefficient (Wildman–Crippen LogP) is 5.39. The van der Waals surface area contributed by atoms with Gasteiger partial charge in [-0.05, 0) is 36.5 Å². The molecule has 4 aromatic rings. The second-order valence-electron chi connectivity index (χ2n) is 9.10. The Bertz CT molecular complexity index is 1500. The normalized spacial score (nSPS) is 13.3. The number of hydrogen-bond donors (Lipinski definition) is 1. The molecular weight excluding hydrogens is 529 g/mol. The number of methoxy groups -OCH3 is 3. The number of nitrogens with zero attached hydrogens (tertiary/aromatic N) is 5. The maximum Gasteiger partial charge on any atom is 0.432 e. The highest BCUT2D eigenvalue weighted by Crippen LogP contribution is 2.45. The summed E-state index contributed by atoms with van der Waals surface area (Å²) in [5.74, 6) is 1.95. The Morgan fingerprint density at radius 1 is 0.900 bits per heavy atom. The molecule has 10 nitrogen and oxygen atoms in total. The van der Waals surface area contributed by atoms with E-state index >= 15 is 0 Å². The molecule has 40 heavy (non-hydrogen) atoms. The maximum atomic E-state index is 13.2. The molecule has 0 unspecified atom stereocenters. The molecule has 3 aromatic heterocycles. The van der Waals surface area contributed by atoms with Crippen molar-refractivity contribution in [2.24, 2.45) is 0 Å². The molecule has 1 aliphatic rings. The number of imidazole rings is 1. The largest absolute Gasteiger partial charge is 0.496 e. The third kappa shape index (κ3) is 5.36. The molecule has 0 saturated heterocycles. The molecule has 1 fully saturated rings. The highest BCUT2D eigenvalue weighted by atomic mass is 19.4. The molecule has 0 amide bonds. The Morgan fingerprint density at radius 3 is 2.30 bits per heavy atom. The topological polar surface area (TPSA) is 117 Å². The number of benzene rings is 1. The number of H-pyrrole nitrogens is 1. The Hall–Kier alpha value is -4.42. The number of hydrogen-bond acceptors (Lipinski definition) is 9. The highest BCUT2D eigenvalue weighted by Gasteiger charge is 2.34. The molecule has 1 saturated carbocycles. The average molecular weight is 557 g/mol. The van der Waals surface area contributed by atoms with Crippen LogP contribution in [0.1, 0.15) is 48.2 Å². The van der Waals surface area contributed by atoms with Crippen LogP contribution in [0.25, 0.3) is 22.8 Å². The highest BCUT2D eigenvalue weighted by molar-refractivity contribution is 5.70. The molecule has 1 aliphatic carbocycles. The molecule has 210 valence electrons. The molecule has 13 heteroatoms. The van der Waals surface area contributed by atoms with Crippen LogP contribution in [0.2, 0.25) is 0 Å². The van der Waals surface area contributed by atoms with Crippen molar-refractivity contribution < 1.29 is 32.1 Å². The van der Waals surface area contributed by atoms with Crippen LogP contribution >= 0.6 is 0 Å². The van der Waals surface area contributed by atoms with Gasteiger partial charge in [0.05, 0.1) is 45.0 Å². The SMILES string of the molecule is CCc1cc(COc2nc(-c3c(OC)ncnc3C3CC3)ncc2OC)cc(OC)c1-c1ncc(C(F)(F)F)[nH]1. The Labute approximate surface area is 228 Å². The van der Waals surface area contributed by atoms with Crippen LogP contribution in [0.5, 0.6) is 23.3 Å².